The van der Waals surface area contributed by atoms with Crippen molar-refractivity contribution < 1.29 is 14.1 Å². The van der Waals surface area contributed by atoms with Gasteiger partial charge in [-0.1, -0.05) is 6.92 Å². The highest BCUT2D eigenvalue weighted by Gasteiger charge is 2.14. The molecule has 0 bridgehead atoms. The van der Waals surface area contributed by atoms with Gasteiger partial charge in [-0.05, 0) is 27.1 Å². The second-order valence-corrected chi connectivity index (χ2v) is 5.62. The maximum Gasteiger partial charge on any atom is 0.304 e. The van der Waals surface area contributed by atoms with Crippen LogP contribution in [0.15, 0.2) is 0 Å². The van der Waals surface area contributed by atoms with Crippen LogP contribution in [-0.2, 0) is 15.6 Å². The molecule has 0 fully saturated rings. The van der Waals surface area contributed by atoms with Gasteiger partial charge in [0.05, 0.1) is 6.42 Å². The van der Waals surface area contributed by atoms with Gasteiger partial charge in [0.25, 0.3) is 0 Å². The third-order valence-electron chi connectivity index (χ3n) is 1.86. The molecule has 5 heteroatoms. The van der Waals surface area contributed by atoms with Gasteiger partial charge >= 0.3 is 5.97 Å². The van der Waals surface area contributed by atoms with E-state index in [1.165, 1.54) is 0 Å². The first-order valence-corrected chi connectivity index (χ1v) is 6.05. The summed E-state index contributed by atoms with van der Waals surface area (Å²) in [4.78, 5) is 12.4. The predicted octanol–water partition coefficient (Wildman–Crippen LogP) is 0.550. The number of hydrogen-bond acceptors (Lipinski definition) is 3. The van der Waals surface area contributed by atoms with Crippen LogP contribution in [0, 0.1) is 0 Å². The zero-order valence-electron chi connectivity index (χ0n) is 9.02. The van der Waals surface area contributed by atoms with E-state index >= 15 is 0 Å². The molecule has 0 spiro atoms. The number of nitrogens with zero attached hydrogens (tertiary/aromatic N) is 1. The highest BCUT2D eigenvalue weighted by Crippen LogP contribution is 2.03. The third-order valence-corrected chi connectivity index (χ3v) is 3.62. The number of carboxylic acid groups (broad SMARTS) is 1. The Bertz CT molecular complexity index is 206. The Labute approximate surface area is 87.7 Å². The first-order valence-electron chi connectivity index (χ1n) is 4.67. The van der Waals surface area contributed by atoms with E-state index in [9.17, 15) is 9.00 Å². The maximum absolute atomic E-state index is 11.5. The van der Waals surface area contributed by atoms with Crippen molar-refractivity contribution in [3.05, 3.63) is 0 Å². The van der Waals surface area contributed by atoms with E-state index in [1.54, 1.807) is 6.92 Å². The van der Waals surface area contributed by atoms with E-state index in [2.05, 4.69) is 0 Å². The molecule has 0 amide bonds. The van der Waals surface area contributed by atoms with Crippen LogP contribution < -0.4 is 0 Å². The fraction of sp³-hybridized carbons (Fsp3) is 0.889. The fourth-order valence-corrected chi connectivity index (χ4v) is 2.21. The van der Waals surface area contributed by atoms with Crippen LogP contribution in [0.4, 0.5) is 0 Å². The van der Waals surface area contributed by atoms with Crippen molar-refractivity contribution in [2.24, 2.45) is 0 Å². The van der Waals surface area contributed by atoms with Crippen LogP contribution in [0.5, 0.6) is 0 Å². The van der Waals surface area contributed by atoms with Gasteiger partial charge in [-0.15, -0.1) is 0 Å². The van der Waals surface area contributed by atoms with Crippen molar-refractivity contribution in [1.82, 2.24) is 4.90 Å². The topological polar surface area (TPSA) is 57.6 Å². The van der Waals surface area contributed by atoms with E-state index < -0.39 is 16.8 Å². The van der Waals surface area contributed by atoms with Crippen molar-refractivity contribution in [3.8, 4) is 0 Å². The molecule has 0 saturated carbocycles. The van der Waals surface area contributed by atoms with Gasteiger partial charge in [0.15, 0.2) is 0 Å². The lowest BCUT2D eigenvalue weighted by Crippen LogP contribution is -2.21. The second kappa shape index (κ2) is 6.95. The minimum Gasteiger partial charge on any atom is -0.481 e. The lowest BCUT2D eigenvalue weighted by molar-refractivity contribution is -0.136. The largest absolute Gasteiger partial charge is 0.481 e. The minimum atomic E-state index is -1.01. The molecule has 0 aliphatic carbocycles. The van der Waals surface area contributed by atoms with Crippen LogP contribution in [0.25, 0.3) is 0 Å². The molecular weight excluding hydrogens is 202 g/mol. The van der Waals surface area contributed by atoms with Crippen LogP contribution >= 0.6 is 0 Å². The molecule has 0 radical (unpaired) electrons. The molecule has 0 aromatic heterocycles. The van der Waals surface area contributed by atoms with Crippen molar-refractivity contribution in [2.75, 3.05) is 26.4 Å². The van der Waals surface area contributed by atoms with Gasteiger partial charge in [0.1, 0.15) is 0 Å². The molecule has 0 heterocycles. The van der Waals surface area contributed by atoms with Crippen molar-refractivity contribution in [3.63, 3.8) is 0 Å². The van der Waals surface area contributed by atoms with Gasteiger partial charge in [-0.25, -0.2) is 0 Å². The Morgan fingerprint density at radius 1 is 1.50 bits per heavy atom. The number of rotatable bonds is 7. The van der Waals surface area contributed by atoms with Crippen molar-refractivity contribution in [2.45, 2.75) is 25.0 Å². The molecule has 14 heavy (non-hydrogen) atoms. The molecule has 0 aliphatic heterocycles. The Morgan fingerprint density at radius 2 is 2.07 bits per heavy atom. The fourth-order valence-electron chi connectivity index (χ4n) is 1.06. The summed E-state index contributed by atoms with van der Waals surface area (Å²) in [5, 5.41) is 8.26. The highest BCUT2D eigenvalue weighted by atomic mass is 32.2. The van der Waals surface area contributed by atoms with E-state index in [0.29, 0.717) is 5.75 Å². The summed E-state index contributed by atoms with van der Waals surface area (Å²) in [5.41, 5.74) is 0. The van der Waals surface area contributed by atoms with Gasteiger partial charge in [-0.3, -0.25) is 9.00 Å². The summed E-state index contributed by atoms with van der Waals surface area (Å²) in [5.74, 6) is -0.287. The first kappa shape index (κ1) is 13.6. The average molecular weight is 221 g/mol. The van der Waals surface area contributed by atoms with Gasteiger partial charge in [0, 0.05) is 21.8 Å². The molecule has 0 aromatic carbocycles. The zero-order valence-corrected chi connectivity index (χ0v) is 9.84. The van der Waals surface area contributed by atoms with E-state index in [4.69, 9.17) is 5.11 Å². The molecule has 2 atom stereocenters. The summed E-state index contributed by atoms with van der Waals surface area (Å²) in [6.07, 6.45) is 0.845. The van der Waals surface area contributed by atoms with E-state index in [1.807, 2.05) is 19.0 Å². The smallest absolute Gasteiger partial charge is 0.304 e. The average Bonchev–Trinajstić information content (AvgIpc) is 2.01. The molecule has 84 valence electrons. The normalized spacial score (nSPS) is 15.4. The number of aliphatic carboxylic acids is 1. The van der Waals surface area contributed by atoms with Gasteiger partial charge in [0.2, 0.25) is 0 Å². The number of carbonyl (C=O) groups is 1. The lowest BCUT2D eigenvalue weighted by Gasteiger charge is -2.11. The van der Waals surface area contributed by atoms with Gasteiger partial charge < -0.3 is 10.0 Å². The summed E-state index contributed by atoms with van der Waals surface area (Å²) in [6.45, 7) is 2.62. The minimum absolute atomic E-state index is 0.00538. The summed E-state index contributed by atoms with van der Waals surface area (Å²) >= 11 is 0. The highest BCUT2D eigenvalue weighted by molar-refractivity contribution is 7.85. The van der Waals surface area contributed by atoms with Gasteiger partial charge in [-0.2, -0.15) is 0 Å². The van der Waals surface area contributed by atoms with Crippen molar-refractivity contribution >= 4 is 16.8 Å². The Morgan fingerprint density at radius 3 is 2.50 bits per heavy atom. The standard InChI is InChI=1S/C9H19NO3S/c1-8(7-9(11)12)14(13)6-4-5-10(2)3/h8H,4-7H2,1-3H3,(H,11,12). The Kier molecular flexibility index (Phi) is 6.74. The molecule has 0 aromatic rings. The summed E-state index contributed by atoms with van der Waals surface area (Å²) in [7, 11) is 2.91. The molecule has 2 unspecified atom stereocenters. The first-order chi connectivity index (χ1) is 6.43. The number of carboxylic acids is 1. The predicted molar refractivity (Wildman–Crippen MR) is 57.9 cm³/mol. The molecule has 4 nitrogen and oxygen atoms in total. The molecular formula is C9H19NO3S. The summed E-state index contributed by atoms with van der Waals surface area (Å²) in [6, 6.07) is 0. The molecule has 0 aliphatic rings. The monoisotopic (exact) mass is 221 g/mol. The van der Waals surface area contributed by atoms with Crippen LogP contribution in [0.2, 0.25) is 0 Å². The van der Waals surface area contributed by atoms with Crippen LogP contribution in [-0.4, -0.2) is 51.8 Å². The Hall–Kier alpha value is -0.420. The van der Waals surface area contributed by atoms with Crippen LogP contribution in [0.1, 0.15) is 19.8 Å². The number of hydrogen-bond donors (Lipinski definition) is 1. The summed E-state index contributed by atoms with van der Waals surface area (Å²) < 4.78 is 11.5. The lowest BCUT2D eigenvalue weighted by atomic mass is 10.3. The molecule has 0 rings (SSSR count). The zero-order chi connectivity index (χ0) is 11.1. The van der Waals surface area contributed by atoms with E-state index in [-0.39, 0.29) is 11.7 Å². The second-order valence-electron chi connectivity index (χ2n) is 3.65. The van der Waals surface area contributed by atoms with Crippen molar-refractivity contribution in [1.29, 1.82) is 0 Å². The van der Waals surface area contributed by atoms with E-state index in [0.717, 1.165) is 13.0 Å². The maximum atomic E-state index is 11.5. The van der Waals surface area contributed by atoms with Crippen LogP contribution in [0.3, 0.4) is 0 Å². The Balaban J connectivity index is 3.67. The molecule has 0 saturated heterocycles. The third kappa shape index (κ3) is 7.03. The molecule has 1 N–H and O–H groups in total. The quantitative estimate of drug-likeness (QED) is 0.682. The SMILES string of the molecule is CC(CC(=O)O)S(=O)CCCN(C)C.